The molecule has 0 aliphatic rings. The maximum Gasteiger partial charge on any atom is 0.0601 e. The number of hydrogen-bond donors (Lipinski definition) is 0. The third-order valence-corrected chi connectivity index (χ3v) is 3.08. The van der Waals surface area contributed by atoms with Crippen molar-refractivity contribution in [2.45, 2.75) is 33.2 Å². The van der Waals surface area contributed by atoms with Crippen LogP contribution in [0.4, 0.5) is 0 Å². The van der Waals surface area contributed by atoms with E-state index in [4.69, 9.17) is 18.0 Å². The summed E-state index contributed by atoms with van der Waals surface area (Å²) in [6.07, 6.45) is 7.79. The van der Waals surface area contributed by atoms with Gasteiger partial charge in [-0.25, -0.2) is 0 Å². The summed E-state index contributed by atoms with van der Waals surface area (Å²) in [6, 6.07) is 6.04. The van der Waals surface area contributed by atoms with Crippen LogP contribution in [0.1, 0.15) is 30.9 Å². The molecule has 0 N–H and O–H groups in total. The fourth-order valence-corrected chi connectivity index (χ4v) is 2.03. The predicted molar refractivity (Wildman–Crippen MR) is 75.2 cm³/mol. The van der Waals surface area contributed by atoms with Crippen molar-refractivity contribution >= 4 is 11.6 Å². The highest BCUT2D eigenvalue weighted by atomic mass is 35.5. The molecule has 0 aliphatic carbocycles. The highest BCUT2D eigenvalue weighted by Gasteiger charge is 2.06. The second-order valence-electron chi connectivity index (χ2n) is 4.34. The van der Waals surface area contributed by atoms with Gasteiger partial charge in [-0.15, -0.1) is 6.42 Å². The SMILES string of the molecule is C#CCN(CCCC)Cc1ccc(Cl)cc1C. The molecule has 92 valence electrons. The van der Waals surface area contributed by atoms with Gasteiger partial charge in [-0.05, 0) is 43.1 Å². The summed E-state index contributed by atoms with van der Waals surface area (Å²) >= 11 is 5.95. The maximum absolute atomic E-state index is 5.95. The molecule has 1 aromatic rings. The van der Waals surface area contributed by atoms with E-state index in [1.807, 2.05) is 12.1 Å². The molecule has 0 saturated heterocycles. The number of unbranched alkanes of at least 4 members (excludes halogenated alkanes) is 1. The van der Waals surface area contributed by atoms with Gasteiger partial charge in [0, 0.05) is 11.6 Å². The van der Waals surface area contributed by atoms with Crippen molar-refractivity contribution in [3.8, 4) is 12.3 Å². The van der Waals surface area contributed by atoms with Crippen LogP contribution in [0.2, 0.25) is 5.02 Å². The molecule has 1 rings (SSSR count). The van der Waals surface area contributed by atoms with Crippen LogP contribution in [0, 0.1) is 19.3 Å². The zero-order valence-corrected chi connectivity index (χ0v) is 11.4. The van der Waals surface area contributed by atoms with Crippen LogP contribution in [-0.2, 0) is 6.54 Å². The molecule has 2 heteroatoms. The monoisotopic (exact) mass is 249 g/mol. The van der Waals surface area contributed by atoms with Crippen molar-refractivity contribution in [3.05, 3.63) is 34.3 Å². The Labute approximate surface area is 110 Å². The minimum Gasteiger partial charge on any atom is -0.288 e. The largest absolute Gasteiger partial charge is 0.288 e. The Morgan fingerprint density at radius 3 is 2.76 bits per heavy atom. The van der Waals surface area contributed by atoms with Gasteiger partial charge >= 0.3 is 0 Å². The van der Waals surface area contributed by atoms with Crippen molar-refractivity contribution in [1.29, 1.82) is 0 Å². The first kappa shape index (κ1) is 14.1. The van der Waals surface area contributed by atoms with E-state index >= 15 is 0 Å². The van der Waals surface area contributed by atoms with Crippen LogP contribution < -0.4 is 0 Å². The number of terminal acetylenes is 1. The molecule has 0 spiro atoms. The Hall–Kier alpha value is -0.970. The van der Waals surface area contributed by atoms with E-state index in [1.54, 1.807) is 0 Å². The molecule has 0 heterocycles. The Kier molecular flexibility index (Phi) is 6.11. The number of benzene rings is 1. The maximum atomic E-state index is 5.95. The minimum atomic E-state index is 0.710. The fourth-order valence-electron chi connectivity index (χ4n) is 1.80. The van der Waals surface area contributed by atoms with Crippen molar-refractivity contribution in [1.82, 2.24) is 4.90 Å². The van der Waals surface area contributed by atoms with Crippen LogP contribution in [0.3, 0.4) is 0 Å². The van der Waals surface area contributed by atoms with Gasteiger partial charge in [-0.2, -0.15) is 0 Å². The Balaban J connectivity index is 2.68. The zero-order valence-electron chi connectivity index (χ0n) is 10.7. The minimum absolute atomic E-state index is 0.710. The third kappa shape index (κ3) is 4.81. The lowest BCUT2D eigenvalue weighted by atomic mass is 10.1. The number of nitrogens with zero attached hydrogens (tertiary/aromatic N) is 1. The normalized spacial score (nSPS) is 10.5. The average Bonchev–Trinajstić information content (AvgIpc) is 2.29. The molecule has 0 fully saturated rings. The van der Waals surface area contributed by atoms with E-state index in [9.17, 15) is 0 Å². The van der Waals surface area contributed by atoms with E-state index in [0.29, 0.717) is 6.54 Å². The molecular formula is C15H20ClN. The Bertz CT molecular complexity index is 392. The summed E-state index contributed by atoms with van der Waals surface area (Å²) < 4.78 is 0. The highest BCUT2D eigenvalue weighted by Crippen LogP contribution is 2.17. The van der Waals surface area contributed by atoms with E-state index < -0.39 is 0 Å². The lowest BCUT2D eigenvalue weighted by molar-refractivity contribution is 0.293. The van der Waals surface area contributed by atoms with Crippen LogP contribution in [0.25, 0.3) is 0 Å². The zero-order chi connectivity index (χ0) is 12.7. The summed E-state index contributed by atoms with van der Waals surface area (Å²) in [4.78, 5) is 2.31. The average molecular weight is 250 g/mol. The smallest absolute Gasteiger partial charge is 0.0601 e. The molecule has 0 saturated carbocycles. The van der Waals surface area contributed by atoms with Crippen LogP contribution >= 0.6 is 11.6 Å². The Morgan fingerprint density at radius 1 is 1.41 bits per heavy atom. The fraction of sp³-hybridized carbons (Fsp3) is 0.467. The van der Waals surface area contributed by atoms with Gasteiger partial charge in [0.15, 0.2) is 0 Å². The molecule has 1 aromatic carbocycles. The van der Waals surface area contributed by atoms with Gasteiger partial charge in [0.25, 0.3) is 0 Å². The number of rotatable bonds is 6. The van der Waals surface area contributed by atoms with Gasteiger partial charge < -0.3 is 0 Å². The van der Waals surface area contributed by atoms with E-state index in [-0.39, 0.29) is 0 Å². The number of aryl methyl sites for hydroxylation is 1. The number of halogens is 1. The molecule has 0 radical (unpaired) electrons. The summed E-state index contributed by atoms with van der Waals surface area (Å²) in [6.45, 7) is 6.97. The molecule has 0 aromatic heterocycles. The second-order valence-corrected chi connectivity index (χ2v) is 4.78. The summed E-state index contributed by atoms with van der Waals surface area (Å²) in [5, 5.41) is 0.795. The van der Waals surface area contributed by atoms with E-state index in [1.165, 1.54) is 24.0 Å². The lowest BCUT2D eigenvalue weighted by Crippen LogP contribution is -2.25. The van der Waals surface area contributed by atoms with Crippen molar-refractivity contribution < 1.29 is 0 Å². The second kappa shape index (κ2) is 7.37. The van der Waals surface area contributed by atoms with Crippen LogP contribution in [-0.4, -0.2) is 18.0 Å². The lowest BCUT2D eigenvalue weighted by Gasteiger charge is -2.20. The van der Waals surface area contributed by atoms with E-state index in [0.717, 1.165) is 18.1 Å². The van der Waals surface area contributed by atoms with Gasteiger partial charge in [0.05, 0.1) is 6.54 Å². The molecule has 0 unspecified atom stereocenters. The Morgan fingerprint density at radius 2 is 2.18 bits per heavy atom. The van der Waals surface area contributed by atoms with Crippen molar-refractivity contribution in [2.24, 2.45) is 0 Å². The molecule has 0 atom stereocenters. The first-order chi connectivity index (χ1) is 8.17. The van der Waals surface area contributed by atoms with Crippen molar-refractivity contribution in [3.63, 3.8) is 0 Å². The van der Waals surface area contributed by atoms with Gasteiger partial charge in [0.2, 0.25) is 0 Å². The summed E-state index contributed by atoms with van der Waals surface area (Å²) in [7, 11) is 0. The third-order valence-electron chi connectivity index (χ3n) is 2.84. The highest BCUT2D eigenvalue weighted by molar-refractivity contribution is 6.30. The quantitative estimate of drug-likeness (QED) is 0.692. The standard InChI is InChI=1S/C15H20ClN/c1-4-6-10-17(9-5-2)12-14-7-8-15(16)11-13(14)3/h2,7-8,11H,4,6,9-10,12H2,1,3H3. The molecule has 0 bridgehead atoms. The first-order valence-electron chi connectivity index (χ1n) is 6.08. The van der Waals surface area contributed by atoms with Gasteiger partial charge in [-0.1, -0.05) is 36.9 Å². The summed E-state index contributed by atoms with van der Waals surface area (Å²) in [5.41, 5.74) is 2.54. The van der Waals surface area contributed by atoms with E-state index in [2.05, 4.69) is 30.7 Å². The van der Waals surface area contributed by atoms with Crippen LogP contribution in [0.5, 0.6) is 0 Å². The molecule has 1 nitrogen and oxygen atoms in total. The van der Waals surface area contributed by atoms with Gasteiger partial charge in [0.1, 0.15) is 0 Å². The first-order valence-corrected chi connectivity index (χ1v) is 6.46. The summed E-state index contributed by atoms with van der Waals surface area (Å²) in [5.74, 6) is 2.73. The molecular weight excluding hydrogens is 230 g/mol. The van der Waals surface area contributed by atoms with Gasteiger partial charge in [-0.3, -0.25) is 4.90 Å². The molecule has 0 aliphatic heterocycles. The van der Waals surface area contributed by atoms with Crippen LogP contribution in [0.15, 0.2) is 18.2 Å². The predicted octanol–water partition coefficient (Wildman–Crippen LogP) is 3.88. The molecule has 0 amide bonds. The molecule has 17 heavy (non-hydrogen) atoms. The van der Waals surface area contributed by atoms with Crippen molar-refractivity contribution in [2.75, 3.05) is 13.1 Å². The topological polar surface area (TPSA) is 3.24 Å². The number of hydrogen-bond acceptors (Lipinski definition) is 1.